The maximum absolute atomic E-state index is 13.2. The molecule has 2 rings (SSSR count). The van der Waals surface area contributed by atoms with Gasteiger partial charge in [-0.05, 0) is 52.9 Å². The van der Waals surface area contributed by atoms with Crippen LogP contribution in [0.25, 0.3) is 0 Å². The summed E-state index contributed by atoms with van der Waals surface area (Å²) in [7, 11) is 0. The number of benzene rings is 1. The van der Waals surface area contributed by atoms with E-state index in [0.717, 1.165) is 31.2 Å². The highest BCUT2D eigenvalue weighted by Crippen LogP contribution is 2.39. The first-order valence-corrected chi connectivity index (χ1v) is 7.19. The van der Waals surface area contributed by atoms with E-state index < -0.39 is 0 Å². The minimum Gasteiger partial charge on any atom is -0.392 e. The van der Waals surface area contributed by atoms with E-state index in [9.17, 15) is 9.50 Å². The third-order valence-corrected chi connectivity index (χ3v) is 4.66. The fourth-order valence-electron chi connectivity index (χ4n) is 2.86. The molecule has 100 valence electrons. The number of rotatable bonds is 3. The van der Waals surface area contributed by atoms with Crippen molar-refractivity contribution < 1.29 is 9.50 Å². The first-order chi connectivity index (χ1) is 8.57. The second-order valence-electron chi connectivity index (χ2n) is 5.25. The number of aliphatic hydroxyl groups is 1. The summed E-state index contributed by atoms with van der Waals surface area (Å²) >= 11 is 3.20. The van der Waals surface area contributed by atoms with Crippen LogP contribution in [0, 0.1) is 11.2 Å². The van der Waals surface area contributed by atoms with Gasteiger partial charge < -0.3 is 10.8 Å². The van der Waals surface area contributed by atoms with Crippen molar-refractivity contribution >= 4 is 15.9 Å². The lowest BCUT2D eigenvalue weighted by Gasteiger charge is -2.41. The quantitative estimate of drug-likeness (QED) is 0.900. The average molecular weight is 316 g/mol. The molecule has 0 aliphatic heterocycles. The van der Waals surface area contributed by atoms with Crippen molar-refractivity contribution in [1.82, 2.24) is 0 Å². The van der Waals surface area contributed by atoms with Gasteiger partial charge in [-0.2, -0.15) is 0 Å². The van der Waals surface area contributed by atoms with E-state index in [1.165, 1.54) is 6.07 Å². The SMILES string of the molecule is NCC1(Cc2ccc(F)c(Br)c2)CCCCC1O. The van der Waals surface area contributed by atoms with Gasteiger partial charge in [0.2, 0.25) is 0 Å². The first kappa shape index (κ1) is 14.0. The van der Waals surface area contributed by atoms with Gasteiger partial charge in [-0.3, -0.25) is 0 Å². The second-order valence-corrected chi connectivity index (χ2v) is 6.11. The lowest BCUT2D eigenvalue weighted by Crippen LogP contribution is -2.45. The van der Waals surface area contributed by atoms with E-state index in [2.05, 4.69) is 15.9 Å². The Labute approximate surface area is 116 Å². The van der Waals surface area contributed by atoms with Gasteiger partial charge in [0.05, 0.1) is 10.6 Å². The molecule has 4 heteroatoms. The zero-order valence-corrected chi connectivity index (χ0v) is 11.9. The van der Waals surface area contributed by atoms with Gasteiger partial charge in [0, 0.05) is 12.0 Å². The zero-order valence-electron chi connectivity index (χ0n) is 10.3. The summed E-state index contributed by atoms with van der Waals surface area (Å²) in [5, 5.41) is 10.2. The van der Waals surface area contributed by atoms with Crippen LogP contribution >= 0.6 is 15.9 Å². The average Bonchev–Trinajstić information content (AvgIpc) is 2.37. The standard InChI is InChI=1S/C14H19BrFNO/c15-11-7-10(4-5-12(11)16)8-14(9-17)6-2-1-3-13(14)18/h4-5,7,13,18H,1-3,6,8-9,17H2. The Hall–Kier alpha value is -0.450. The molecule has 2 unspecified atom stereocenters. The van der Waals surface area contributed by atoms with Gasteiger partial charge in [0.25, 0.3) is 0 Å². The Kier molecular flexibility index (Phi) is 4.41. The summed E-state index contributed by atoms with van der Waals surface area (Å²) in [6, 6.07) is 5.02. The van der Waals surface area contributed by atoms with E-state index in [0.29, 0.717) is 17.4 Å². The number of nitrogens with two attached hydrogens (primary N) is 1. The van der Waals surface area contributed by atoms with E-state index in [1.807, 2.05) is 0 Å². The number of hydrogen-bond donors (Lipinski definition) is 2. The van der Waals surface area contributed by atoms with E-state index >= 15 is 0 Å². The fraction of sp³-hybridized carbons (Fsp3) is 0.571. The van der Waals surface area contributed by atoms with Crippen molar-refractivity contribution in [2.24, 2.45) is 11.1 Å². The van der Waals surface area contributed by atoms with Crippen molar-refractivity contribution in [2.75, 3.05) is 6.54 Å². The van der Waals surface area contributed by atoms with Gasteiger partial charge >= 0.3 is 0 Å². The molecule has 1 saturated carbocycles. The molecule has 0 saturated heterocycles. The van der Waals surface area contributed by atoms with Crippen molar-refractivity contribution in [3.05, 3.63) is 34.1 Å². The normalized spacial score (nSPS) is 28.3. The predicted molar refractivity (Wildman–Crippen MR) is 73.8 cm³/mol. The number of halogens is 2. The van der Waals surface area contributed by atoms with E-state index in [-0.39, 0.29) is 17.3 Å². The summed E-state index contributed by atoms with van der Waals surface area (Å²) in [6.07, 6.45) is 4.30. The highest BCUT2D eigenvalue weighted by molar-refractivity contribution is 9.10. The Morgan fingerprint density at radius 2 is 2.22 bits per heavy atom. The lowest BCUT2D eigenvalue weighted by atomic mass is 9.68. The molecular weight excluding hydrogens is 297 g/mol. The maximum Gasteiger partial charge on any atom is 0.137 e. The van der Waals surface area contributed by atoms with Crippen molar-refractivity contribution in [3.8, 4) is 0 Å². The Morgan fingerprint density at radius 1 is 1.44 bits per heavy atom. The summed E-state index contributed by atoms with van der Waals surface area (Å²) in [6.45, 7) is 0.475. The zero-order chi connectivity index (χ0) is 13.2. The summed E-state index contributed by atoms with van der Waals surface area (Å²) in [5.74, 6) is -0.259. The highest BCUT2D eigenvalue weighted by Gasteiger charge is 2.38. The Bertz CT molecular complexity index is 426. The molecule has 0 spiro atoms. The third kappa shape index (κ3) is 2.76. The summed E-state index contributed by atoms with van der Waals surface area (Å²) < 4.78 is 13.7. The molecule has 0 aromatic heterocycles. The van der Waals surface area contributed by atoms with Gasteiger partial charge in [-0.1, -0.05) is 18.9 Å². The molecule has 0 heterocycles. The maximum atomic E-state index is 13.2. The molecule has 2 atom stereocenters. The van der Waals surface area contributed by atoms with Crippen molar-refractivity contribution in [3.63, 3.8) is 0 Å². The molecule has 0 amide bonds. The molecule has 0 radical (unpaired) electrons. The van der Waals surface area contributed by atoms with Crippen LogP contribution in [0.2, 0.25) is 0 Å². The van der Waals surface area contributed by atoms with E-state index in [1.54, 1.807) is 12.1 Å². The topological polar surface area (TPSA) is 46.2 Å². The third-order valence-electron chi connectivity index (χ3n) is 4.06. The van der Waals surface area contributed by atoms with Crippen LogP contribution in [0.3, 0.4) is 0 Å². The molecule has 1 fully saturated rings. The number of aliphatic hydroxyl groups excluding tert-OH is 1. The predicted octanol–water partition coefficient (Wildman–Crippen LogP) is 3.01. The first-order valence-electron chi connectivity index (χ1n) is 6.39. The Morgan fingerprint density at radius 3 is 2.83 bits per heavy atom. The van der Waals surface area contributed by atoms with Crippen LogP contribution in [0.1, 0.15) is 31.2 Å². The molecule has 2 nitrogen and oxygen atoms in total. The van der Waals surface area contributed by atoms with E-state index in [4.69, 9.17) is 5.73 Å². The summed E-state index contributed by atoms with van der Waals surface area (Å²) in [5.41, 5.74) is 6.68. The highest BCUT2D eigenvalue weighted by atomic mass is 79.9. The molecule has 1 aromatic rings. The monoisotopic (exact) mass is 315 g/mol. The summed E-state index contributed by atoms with van der Waals surface area (Å²) in [4.78, 5) is 0. The van der Waals surface area contributed by atoms with Crippen LogP contribution < -0.4 is 5.73 Å². The van der Waals surface area contributed by atoms with Gasteiger partial charge in [-0.15, -0.1) is 0 Å². The molecular formula is C14H19BrFNO. The number of hydrogen-bond acceptors (Lipinski definition) is 2. The van der Waals surface area contributed by atoms with Gasteiger partial charge in [0.15, 0.2) is 0 Å². The van der Waals surface area contributed by atoms with Gasteiger partial charge in [-0.25, -0.2) is 4.39 Å². The largest absolute Gasteiger partial charge is 0.392 e. The van der Waals surface area contributed by atoms with Crippen LogP contribution in [0.15, 0.2) is 22.7 Å². The van der Waals surface area contributed by atoms with Crippen molar-refractivity contribution in [2.45, 2.75) is 38.2 Å². The van der Waals surface area contributed by atoms with Crippen LogP contribution in [0.4, 0.5) is 4.39 Å². The van der Waals surface area contributed by atoms with Crippen LogP contribution in [0.5, 0.6) is 0 Å². The second kappa shape index (κ2) is 5.68. The minimum absolute atomic E-state index is 0.241. The lowest BCUT2D eigenvalue weighted by molar-refractivity contribution is -0.00586. The molecule has 1 aromatic carbocycles. The fourth-order valence-corrected chi connectivity index (χ4v) is 3.29. The molecule has 1 aliphatic carbocycles. The van der Waals surface area contributed by atoms with Gasteiger partial charge in [0.1, 0.15) is 5.82 Å². The Balaban J connectivity index is 2.21. The molecule has 0 bridgehead atoms. The van der Waals surface area contributed by atoms with Crippen LogP contribution in [-0.4, -0.2) is 17.8 Å². The minimum atomic E-state index is -0.347. The molecule has 3 N–H and O–H groups in total. The molecule has 1 aliphatic rings. The van der Waals surface area contributed by atoms with Crippen molar-refractivity contribution in [1.29, 1.82) is 0 Å². The smallest absolute Gasteiger partial charge is 0.137 e. The molecule has 18 heavy (non-hydrogen) atoms. The van der Waals surface area contributed by atoms with Crippen LogP contribution in [-0.2, 0) is 6.42 Å².